The Labute approximate surface area is 139 Å². The molecule has 0 amide bonds. The summed E-state index contributed by atoms with van der Waals surface area (Å²) >= 11 is 0. The van der Waals surface area contributed by atoms with Gasteiger partial charge in [-0.25, -0.2) is 4.98 Å². The molecule has 0 N–H and O–H groups in total. The van der Waals surface area contributed by atoms with E-state index in [2.05, 4.69) is 4.90 Å². The number of hydrogen-bond acceptors (Lipinski definition) is 4. The van der Waals surface area contributed by atoms with Gasteiger partial charge in [-0.2, -0.15) is 0 Å². The highest BCUT2D eigenvalue weighted by molar-refractivity contribution is 6.16. The lowest BCUT2D eigenvalue weighted by Crippen LogP contribution is -2.22. The topological polar surface area (TPSA) is 50.5 Å². The fourth-order valence-corrected chi connectivity index (χ4v) is 3.02. The maximum absolute atomic E-state index is 13.0. The number of hydrogen-bond donors (Lipinski definition) is 0. The van der Waals surface area contributed by atoms with E-state index in [1.807, 2.05) is 62.6 Å². The Morgan fingerprint density at radius 3 is 2.67 bits per heavy atom. The molecule has 2 heterocycles. The van der Waals surface area contributed by atoms with Crippen LogP contribution in [-0.4, -0.2) is 47.3 Å². The zero-order valence-electron chi connectivity index (χ0n) is 13.7. The van der Waals surface area contributed by atoms with Crippen molar-refractivity contribution in [2.75, 3.05) is 27.2 Å². The van der Waals surface area contributed by atoms with Gasteiger partial charge in [-0.3, -0.25) is 14.4 Å². The molecular formula is C19H18N4O. The van der Waals surface area contributed by atoms with E-state index in [1.54, 1.807) is 4.57 Å². The smallest absolute Gasteiger partial charge is 0.266 e. The molecular weight excluding hydrogens is 300 g/mol. The van der Waals surface area contributed by atoms with E-state index < -0.39 is 0 Å². The minimum absolute atomic E-state index is 0.0409. The SMILES string of the molecule is CN(C)CCN=C1c2ccccc2-n2c1nc1ccccc1c2=O. The van der Waals surface area contributed by atoms with Crippen molar-refractivity contribution in [3.63, 3.8) is 0 Å². The lowest BCUT2D eigenvalue weighted by atomic mass is 10.1. The Morgan fingerprint density at radius 2 is 1.83 bits per heavy atom. The Morgan fingerprint density at radius 1 is 1.08 bits per heavy atom. The van der Waals surface area contributed by atoms with E-state index in [9.17, 15) is 4.79 Å². The van der Waals surface area contributed by atoms with Gasteiger partial charge in [-0.05, 0) is 32.3 Å². The molecule has 0 spiro atoms. The monoisotopic (exact) mass is 318 g/mol. The van der Waals surface area contributed by atoms with Crippen molar-refractivity contribution >= 4 is 16.6 Å². The van der Waals surface area contributed by atoms with Crippen molar-refractivity contribution in [3.8, 4) is 5.69 Å². The first-order valence-electron chi connectivity index (χ1n) is 7.98. The van der Waals surface area contributed by atoms with Gasteiger partial charge in [-0.15, -0.1) is 0 Å². The Kier molecular flexibility index (Phi) is 3.50. The number of fused-ring (bicyclic) bond motifs is 4. The Balaban J connectivity index is 1.98. The number of rotatable bonds is 3. The van der Waals surface area contributed by atoms with Gasteiger partial charge in [0.2, 0.25) is 0 Å². The second-order valence-corrected chi connectivity index (χ2v) is 6.14. The largest absolute Gasteiger partial charge is 0.308 e. The second kappa shape index (κ2) is 5.69. The molecule has 120 valence electrons. The fraction of sp³-hybridized carbons (Fsp3) is 0.211. The summed E-state index contributed by atoms with van der Waals surface area (Å²) in [5, 5.41) is 0.630. The maximum Gasteiger partial charge on any atom is 0.266 e. The molecule has 5 nitrogen and oxygen atoms in total. The summed E-state index contributed by atoms with van der Waals surface area (Å²) in [6.45, 7) is 1.52. The van der Waals surface area contributed by atoms with Gasteiger partial charge in [-0.1, -0.05) is 30.3 Å². The lowest BCUT2D eigenvalue weighted by Gasteiger charge is -2.07. The molecule has 4 rings (SSSR count). The standard InChI is InChI=1S/C19H18N4O/c1-22(2)12-11-20-17-14-8-4-6-10-16(14)23-18(17)21-15-9-5-3-7-13(15)19(23)24/h3-10H,11-12H2,1-2H3. The third-order valence-electron chi connectivity index (χ3n) is 4.20. The number of aliphatic imine (C=N–C) groups is 1. The van der Waals surface area contributed by atoms with Crippen LogP contribution in [0, 0.1) is 0 Å². The van der Waals surface area contributed by atoms with Crippen LogP contribution in [0.25, 0.3) is 16.6 Å². The van der Waals surface area contributed by atoms with Crippen LogP contribution in [0.15, 0.2) is 58.3 Å². The average molecular weight is 318 g/mol. The summed E-state index contributed by atoms with van der Waals surface area (Å²) in [7, 11) is 4.04. The molecule has 24 heavy (non-hydrogen) atoms. The van der Waals surface area contributed by atoms with Crippen molar-refractivity contribution in [2.45, 2.75) is 0 Å². The first kappa shape index (κ1) is 14.8. The van der Waals surface area contributed by atoms with Crippen LogP contribution < -0.4 is 5.56 Å². The highest BCUT2D eigenvalue weighted by Crippen LogP contribution is 2.26. The van der Waals surface area contributed by atoms with Crippen LogP contribution in [-0.2, 0) is 0 Å². The third kappa shape index (κ3) is 2.25. The summed E-state index contributed by atoms with van der Waals surface area (Å²) in [6, 6.07) is 15.3. The van der Waals surface area contributed by atoms with Crippen LogP contribution in [0.4, 0.5) is 0 Å². The summed E-state index contributed by atoms with van der Waals surface area (Å²) in [5.74, 6) is 0.638. The average Bonchev–Trinajstić information content (AvgIpc) is 2.89. The predicted molar refractivity (Wildman–Crippen MR) is 96.4 cm³/mol. The Hall–Kier alpha value is -2.79. The van der Waals surface area contributed by atoms with Crippen LogP contribution >= 0.6 is 0 Å². The van der Waals surface area contributed by atoms with E-state index in [0.29, 0.717) is 23.3 Å². The zero-order valence-corrected chi connectivity index (χ0v) is 13.7. The summed E-state index contributed by atoms with van der Waals surface area (Å²) < 4.78 is 1.69. The molecule has 1 aromatic heterocycles. The zero-order chi connectivity index (χ0) is 16.7. The quantitative estimate of drug-likeness (QED) is 0.581. The summed E-state index contributed by atoms with van der Waals surface area (Å²) in [4.78, 5) is 24.5. The maximum atomic E-state index is 13.0. The summed E-state index contributed by atoms with van der Waals surface area (Å²) in [5.41, 5.74) is 3.30. The van der Waals surface area contributed by atoms with E-state index in [4.69, 9.17) is 9.98 Å². The Bertz CT molecular complexity index is 1020. The minimum Gasteiger partial charge on any atom is -0.308 e. The van der Waals surface area contributed by atoms with Gasteiger partial charge in [0, 0.05) is 12.1 Å². The number of aromatic nitrogens is 2. The number of likely N-dealkylation sites (N-methyl/N-ethyl adjacent to an activating group) is 1. The molecule has 0 radical (unpaired) electrons. The number of nitrogens with zero attached hydrogens (tertiary/aromatic N) is 4. The second-order valence-electron chi connectivity index (χ2n) is 6.14. The van der Waals surface area contributed by atoms with Gasteiger partial charge in [0.15, 0.2) is 5.82 Å². The van der Waals surface area contributed by atoms with Crippen molar-refractivity contribution in [2.24, 2.45) is 4.99 Å². The van der Waals surface area contributed by atoms with Crippen molar-refractivity contribution < 1.29 is 0 Å². The molecule has 0 unspecified atom stereocenters. The van der Waals surface area contributed by atoms with Gasteiger partial charge < -0.3 is 4.90 Å². The van der Waals surface area contributed by atoms with E-state index in [-0.39, 0.29) is 5.56 Å². The molecule has 3 aromatic rings. The molecule has 0 bridgehead atoms. The molecule has 5 heteroatoms. The molecule has 2 aromatic carbocycles. The first-order chi connectivity index (χ1) is 11.7. The number of para-hydroxylation sites is 2. The molecule has 0 saturated heterocycles. The van der Waals surface area contributed by atoms with E-state index >= 15 is 0 Å². The van der Waals surface area contributed by atoms with Crippen LogP contribution in [0.2, 0.25) is 0 Å². The fourth-order valence-electron chi connectivity index (χ4n) is 3.02. The third-order valence-corrected chi connectivity index (χ3v) is 4.20. The van der Waals surface area contributed by atoms with Crippen molar-refractivity contribution in [1.82, 2.24) is 14.5 Å². The number of benzene rings is 2. The van der Waals surface area contributed by atoms with Gasteiger partial charge >= 0.3 is 0 Å². The highest BCUT2D eigenvalue weighted by Gasteiger charge is 2.27. The van der Waals surface area contributed by atoms with Crippen LogP contribution in [0.5, 0.6) is 0 Å². The molecule has 1 aliphatic heterocycles. The van der Waals surface area contributed by atoms with Crippen LogP contribution in [0.3, 0.4) is 0 Å². The van der Waals surface area contributed by atoms with Crippen molar-refractivity contribution in [1.29, 1.82) is 0 Å². The summed E-state index contributed by atoms with van der Waals surface area (Å²) in [6.07, 6.45) is 0. The van der Waals surface area contributed by atoms with Gasteiger partial charge in [0.05, 0.1) is 23.1 Å². The van der Waals surface area contributed by atoms with Crippen molar-refractivity contribution in [3.05, 3.63) is 70.3 Å². The molecule has 0 aliphatic carbocycles. The minimum atomic E-state index is -0.0409. The van der Waals surface area contributed by atoms with E-state index in [0.717, 1.165) is 23.5 Å². The molecule has 0 atom stereocenters. The molecule has 0 saturated carbocycles. The molecule has 1 aliphatic rings. The van der Waals surface area contributed by atoms with Gasteiger partial charge in [0.25, 0.3) is 5.56 Å². The first-order valence-corrected chi connectivity index (χ1v) is 7.98. The van der Waals surface area contributed by atoms with Gasteiger partial charge in [0.1, 0.15) is 5.71 Å². The predicted octanol–water partition coefficient (Wildman–Crippen LogP) is 2.10. The van der Waals surface area contributed by atoms with E-state index in [1.165, 1.54) is 0 Å². The normalized spacial score (nSPS) is 14.4. The lowest BCUT2D eigenvalue weighted by molar-refractivity contribution is 0.420. The van der Waals surface area contributed by atoms with Crippen LogP contribution in [0.1, 0.15) is 11.4 Å². The molecule has 0 fully saturated rings. The highest BCUT2D eigenvalue weighted by atomic mass is 16.1.